The number of amides is 2. The summed E-state index contributed by atoms with van der Waals surface area (Å²) in [5.41, 5.74) is 1.08. The molecule has 2 rings (SSSR count). The van der Waals surface area contributed by atoms with Crippen molar-refractivity contribution >= 4 is 11.8 Å². The molecule has 0 spiro atoms. The molecular weight excluding hydrogens is 316 g/mol. The molecule has 5 nitrogen and oxygen atoms in total. The maximum atomic E-state index is 12.4. The van der Waals surface area contributed by atoms with E-state index in [1.807, 2.05) is 31.2 Å². The smallest absolute Gasteiger partial charge is 0.223 e. The van der Waals surface area contributed by atoms with Crippen LogP contribution >= 0.6 is 0 Å². The first-order valence-corrected chi connectivity index (χ1v) is 9.18. The molecule has 1 atom stereocenters. The van der Waals surface area contributed by atoms with Gasteiger partial charge in [-0.3, -0.25) is 9.59 Å². The molecule has 0 saturated heterocycles. The minimum atomic E-state index is -0.00830. The van der Waals surface area contributed by atoms with Gasteiger partial charge in [0.25, 0.3) is 0 Å². The SMILES string of the molecule is COc1ccccc1C[C@H](C)N(C)C(=O)CCC(=O)NC1CCCC1. The molecular formula is C20H30N2O3. The van der Waals surface area contributed by atoms with Crippen molar-refractivity contribution in [1.82, 2.24) is 10.2 Å². The van der Waals surface area contributed by atoms with Crippen LogP contribution in [0.5, 0.6) is 5.75 Å². The van der Waals surface area contributed by atoms with Gasteiger partial charge in [-0.25, -0.2) is 0 Å². The van der Waals surface area contributed by atoms with Gasteiger partial charge in [-0.05, 0) is 37.8 Å². The molecule has 1 aromatic rings. The number of methoxy groups -OCH3 is 1. The first-order valence-electron chi connectivity index (χ1n) is 9.18. The molecule has 5 heteroatoms. The fraction of sp³-hybridized carbons (Fsp3) is 0.600. The van der Waals surface area contributed by atoms with Gasteiger partial charge in [-0.2, -0.15) is 0 Å². The number of para-hydroxylation sites is 1. The summed E-state index contributed by atoms with van der Waals surface area (Å²) < 4.78 is 5.37. The lowest BCUT2D eigenvalue weighted by Gasteiger charge is -2.26. The van der Waals surface area contributed by atoms with E-state index < -0.39 is 0 Å². The summed E-state index contributed by atoms with van der Waals surface area (Å²) in [4.78, 5) is 26.1. The lowest BCUT2D eigenvalue weighted by Crippen LogP contribution is -2.38. The average Bonchev–Trinajstić information content (AvgIpc) is 3.12. The van der Waals surface area contributed by atoms with Gasteiger partial charge in [-0.1, -0.05) is 31.0 Å². The molecule has 1 aromatic carbocycles. The molecule has 1 saturated carbocycles. The van der Waals surface area contributed by atoms with Crippen LogP contribution in [0.1, 0.15) is 51.0 Å². The second-order valence-electron chi connectivity index (χ2n) is 6.92. The van der Waals surface area contributed by atoms with Crippen LogP contribution in [-0.4, -0.2) is 43.0 Å². The van der Waals surface area contributed by atoms with Gasteiger partial charge in [0, 0.05) is 32.0 Å². The number of benzene rings is 1. The largest absolute Gasteiger partial charge is 0.496 e. The Morgan fingerprint density at radius 2 is 1.92 bits per heavy atom. The number of ether oxygens (including phenoxy) is 1. The van der Waals surface area contributed by atoms with Crippen LogP contribution in [0.15, 0.2) is 24.3 Å². The third-order valence-electron chi connectivity index (χ3n) is 5.05. The predicted octanol–water partition coefficient (Wildman–Crippen LogP) is 2.92. The third kappa shape index (κ3) is 5.76. The van der Waals surface area contributed by atoms with E-state index in [0.717, 1.165) is 30.6 Å². The highest BCUT2D eigenvalue weighted by Crippen LogP contribution is 2.21. The van der Waals surface area contributed by atoms with Crippen molar-refractivity contribution in [3.05, 3.63) is 29.8 Å². The van der Waals surface area contributed by atoms with Crippen molar-refractivity contribution in [3.63, 3.8) is 0 Å². The van der Waals surface area contributed by atoms with E-state index >= 15 is 0 Å². The number of carbonyl (C=O) groups excluding carboxylic acids is 2. The molecule has 1 aliphatic carbocycles. The molecule has 2 amide bonds. The summed E-state index contributed by atoms with van der Waals surface area (Å²) in [6, 6.07) is 8.20. The highest BCUT2D eigenvalue weighted by Gasteiger charge is 2.20. The maximum absolute atomic E-state index is 12.4. The van der Waals surface area contributed by atoms with Crippen LogP contribution in [0.25, 0.3) is 0 Å². The zero-order chi connectivity index (χ0) is 18.2. The van der Waals surface area contributed by atoms with Crippen molar-refractivity contribution in [1.29, 1.82) is 0 Å². The van der Waals surface area contributed by atoms with E-state index in [4.69, 9.17) is 4.74 Å². The van der Waals surface area contributed by atoms with Crippen molar-refractivity contribution in [2.75, 3.05) is 14.2 Å². The summed E-state index contributed by atoms with van der Waals surface area (Å²) in [6.07, 6.45) is 5.75. The highest BCUT2D eigenvalue weighted by atomic mass is 16.5. The molecule has 0 radical (unpaired) electrons. The van der Waals surface area contributed by atoms with Crippen molar-refractivity contribution in [3.8, 4) is 5.75 Å². The standard InChI is InChI=1S/C20H30N2O3/c1-15(14-16-8-4-7-11-18(16)25-3)22(2)20(24)13-12-19(23)21-17-9-5-6-10-17/h4,7-8,11,15,17H,5-6,9-10,12-14H2,1-3H3,(H,21,23)/t15-/m0/s1. The quantitative estimate of drug-likeness (QED) is 0.787. The number of likely N-dealkylation sites (N-methyl/N-ethyl adjacent to an activating group) is 1. The van der Waals surface area contributed by atoms with E-state index in [1.54, 1.807) is 19.1 Å². The number of carbonyl (C=O) groups is 2. The summed E-state index contributed by atoms with van der Waals surface area (Å²) in [7, 11) is 3.46. The van der Waals surface area contributed by atoms with Gasteiger partial charge >= 0.3 is 0 Å². The Bertz CT molecular complexity index is 582. The van der Waals surface area contributed by atoms with Crippen LogP contribution < -0.4 is 10.1 Å². The summed E-state index contributed by atoms with van der Waals surface area (Å²) >= 11 is 0. The van der Waals surface area contributed by atoms with E-state index in [0.29, 0.717) is 6.04 Å². The van der Waals surface area contributed by atoms with Crippen molar-refractivity contribution in [2.45, 2.75) is 64.0 Å². The van der Waals surface area contributed by atoms with Crippen molar-refractivity contribution in [2.24, 2.45) is 0 Å². The van der Waals surface area contributed by atoms with Crippen LogP contribution in [0.4, 0.5) is 0 Å². The Morgan fingerprint density at radius 3 is 2.60 bits per heavy atom. The molecule has 0 heterocycles. The Labute approximate surface area is 150 Å². The van der Waals surface area contributed by atoms with E-state index in [9.17, 15) is 9.59 Å². The topological polar surface area (TPSA) is 58.6 Å². The molecule has 0 unspecified atom stereocenters. The van der Waals surface area contributed by atoms with E-state index in [1.165, 1.54) is 12.8 Å². The first-order chi connectivity index (χ1) is 12.0. The maximum Gasteiger partial charge on any atom is 0.223 e. The minimum absolute atomic E-state index is 0.00368. The fourth-order valence-electron chi connectivity index (χ4n) is 3.34. The number of nitrogens with zero attached hydrogens (tertiary/aromatic N) is 1. The summed E-state index contributed by atoms with van der Waals surface area (Å²) in [5, 5.41) is 3.03. The van der Waals surface area contributed by atoms with Gasteiger partial charge < -0.3 is 15.0 Å². The Kier molecular flexibility index (Phi) is 7.29. The number of hydrogen-bond acceptors (Lipinski definition) is 3. The minimum Gasteiger partial charge on any atom is -0.496 e. The normalized spacial score (nSPS) is 15.6. The van der Waals surface area contributed by atoms with Gasteiger partial charge in [-0.15, -0.1) is 0 Å². The van der Waals surface area contributed by atoms with Gasteiger partial charge in [0.15, 0.2) is 0 Å². The molecule has 0 bridgehead atoms. The molecule has 25 heavy (non-hydrogen) atoms. The van der Waals surface area contributed by atoms with E-state index in [-0.39, 0.29) is 30.7 Å². The molecule has 1 fully saturated rings. The van der Waals surface area contributed by atoms with Crippen molar-refractivity contribution < 1.29 is 14.3 Å². The van der Waals surface area contributed by atoms with Crippen LogP contribution in [0.2, 0.25) is 0 Å². The molecule has 0 aliphatic heterocycles. The second-order valence-corrected chi connectivity index (χ2v) is 6.92. The third-order valence-corrected chi connectivity index (χ3v) is 5.05. The zero-order valence-corrected chi connectivity index (χ0v) is 15.6. The predicted molar refractivity (Wildman–Crippen MR) is 98.6 cm³/mol. The monoisotopic (exact) mass is 346 g/mol. The van der Waals surface area contributed by atoms with Gasteiger partial charge in [0.2, 0.25) is 11.8 Å². The molecule has 0 aromatic heterocycles. The Balaban J connectivity index is 1.79. The Hall–Kier alpha value is -2.04. The zero-order valence-electron chi connectivity index (χ0n) is 15.6. The second kappa shape index (κ2) is 9.44. The summed E-state index contributed by atoms with van der Waals surface area (Å²) in [5.74, 6) is 0.834. The lowest BCUT2D eigenvalue weighted by molar-refractivity contribution is -0.134. The molecule has 1 N–H and O–H groups in total. The van der Waals surface area contributed by atoms with Crippen LogP contribution in [-0.2, 0) is 16.0 Å². The Morgan fingerprint density at radius 1 is 1.24 bits per heavy atom. The lowest BCUT2D eigenvalue weighted by atomic mass is 10.0. The molecule has 138 valence electrons. The number of rotatable bonds is 8. The van der Waals surface area contributed by atoms with Gasteiger partial charge in [0.05, 0.1) is 7.11 Å². The average molecular weight is 346 g/mol. The summed E-state index contributed by atoms with van der Waals surface area (Å²) in [6.45, 7) is 2.02. The van der Waals surface area contributed by atoms with E-state index in [2.05, 4.69) is 5.32 Å². The van der Waals surface area contributed by atoms with Crippen LogP contribution in [0, 0.1) is 0 Å². The van der Waals surface area contributed by atoms with Gasteiger partial charge in [0.1, 0.15) is 5.75 Å². The highest BCUT2D eigenvalue weighted by molar-refractivity contribution is 5.84. The molecule has 1 aliphatic rings. The fourth-order valence-corrected chi connectivity index (χ4v) is 3.34. The number of nitrogens with one attached hydrogen (secondary N) is 1. The number of hydrogen-bond donors (Lipinski definition) is 1. The van der Waals surface area contributed by atoms with Crippen LogP contribution in [0.3, 0.4) is 0 Å². The first kappa shape index (κ1) is 19.3.